The largest absolute Gasteiger partial charge is 0.495 e. The summed E-state index contributed by atoms with van der Waals surface area (Å²) in [6, 6.07) is 18.0. The summed E-state index contributed by atoms with van der Waals surface area (Å²) in [5, 5.41) is 9.88. The van der Waals surface area contributed by atoms with E-state index < -0.39 is 5.97 Å². The summed E-state index contributed by atoms with van der Waals surface area (Å²) >= 11 is 8.03. The molecule has 0 aromatic heterocycles. The van der Waals surface area contributed by atoms with Crippen LogP contribution in [0.25, 0.3) is 5.57 Å². The lowest BCUT2D eigenvalue weighted by molar-refractivity contribution is 0.0690. The van der Waals surface area contributed by atoms with Gasteiger partial charge in [0.25, 0.3) is 0 Å². The Bertz CT molecular complexity index is 1370. The van der Waals surface area contributed by atoms with E-state index in [0.717, 1.165) is 42.1 Å². The van der Waals surface area contributed by atoms with Crippen molar-refractivity contribution in [3.8, 4) is 11.5 Å². The average Bonchev–Trinajstić information content (AvgIpc) is 2.87. The minimum atomic E-state index is -0.977. The molecular weight excluding hydrogens is 553 g/mol. The van der Waals surface area contributed by atoms with Crippen molar-refractivity contribution < 1.29 is 19.4 Å². The number of fused-ring (bicyclic) bond motifs is 3. The Balaban J connectivity index is 0.000000215. The fourth-order valence-electron chi connectivity index (χ4n) is 4.65. The first-order valence-electron chi connectivity index (χ1n) is 12.6. The number of carbonyl (C=O) groups is 1. The highest BCUT2D eigenvalue weighted by Crippen LogP contribution is 2.46. The lowest BCUT2D eigenvalue weighted by atomic mass is 9.92. The summed E-state index contributed by atoms with van der Waals surface area (Å²) in [5.41, 5.74) is 4.72. The zero-order valence-electron chi connectivity index (χ0n) is 22.9. The van der Waals surface area contributed by atoms with E-state index in [9.17, 15) is 4.79 Å². The van der Waals surface area contributed by atoms with Gasteiger partial charge in [-0.2, -0.15) is 0 Å². The third kappa shape index (κ3) is 7.31. The van der Waals surface area contributed by atoms with Gasteiger partial charge in [-0.15, -0.1) is 12.4 Å². The molecule has 0 fully saturated rings. The van der Waals surface area contributed by atoms with Gasteiger partial charge in [0.2, 0.25) is 0 Å². The number of nitrogens with zero attached hydrogens (tertiary/aromatic N) is 1. The Labute approximate surface area is 246 Å². The van der Waals surface area contributed by atoms with Crippen LogP contribution in [-0.2, 0) is 6.42 Å². The monoisotopic (exact) mass is 587 g/mol. The Hall–Kier alpha value is -2.64. The number of methoxy groups -OCH3 is 1. The van der Waals surface area contributed by atoms with E-state index in [1.165, 1.54) is 39.7 Å². The minimum Gasteiger partial charge on any atom is -0.495 e. The predicted molar refractivity (Wildman–Crippen MR) is 162 cm³/mol. The fourth-order valence-corrected chi connectivity index (χ4v) is 5.91. The van der Waals surface area contributed by atoms with Crippen molar-refractivity contribution in [2.75, 3.05) is 27.7 Å². The Morgan fingerprint density at radius 1 is 1.13 bits per heavy atom. The van der Waals surface area contributed by atoms with Crippen molar-refractivity contribution in [2.24, 2.45) is 0 Å². The second kappa shape index (κ2) is 13.1. The van der Waals surface area contributed by atoms with Crippen LogP contribution in [0.2, 0.25) is 5.02 Å². The van der Waals surface area contributed by atoms with E-state index in [4.69, 9.17) is 26.2 Å². The highest BCUT2D eigenvalue weighted by atomic mass is 35.5. The molecule has 39 heavy (non-hydrogen) atoms. The average molecular weight is 589 g/mol. The number of halogens is 2. The summed E-state index contributed by atoms with van der Waals surface area (Å²) in [6.45, 7) is 5.09. The van der Waals surface area contributed by atoms with Crippen LogP contribution in [0.5, 0.6) is 11.5 Å². The maximum absolute atomic E-state index is 11.1. The van der Waals surface area contributed by atoms with E-state index in [0.29, 0.717) is 5.75 Å². The smallest absolute Gasteiger partial charge is 0.339 e. The van der Waals surface area contributed by atoms with E-state index in [2.05, 4.69) is 61.5 Å². The fraction of sp³-hybridized carbons (Fsp3) is 0.323. The van der Waals surface area contributed by atoms with Gasteiger partial charge in [0, 0.05) is 26.9 Å². The van der Waals surface area contributed by atoms with Crippen molar-refractivity contribution >= 4 is 47.3 Å². The molecule has 0 unspecified atom stereocenters. The van der Waals surface area contributed by atoms with Gasteiger partial charge in [-0.1, -0.05) is 47.6 Å². The lowest BCUT2D eigenvalue weighted by Crippen LogP contribution is -2.32. The molecule has 3 aromatic rings. The quantitative estimate of drug-likeness (QED) is 0.254. The Kier molecular flexibility index (Phi) is 10.4. The molecule has 3 aromatic carbocycles. The van der Waals surface area contributed by atoms with Crippen molar-refractivity contribution in [2.45, 2.75) is 48.5 Å². The number of carboxylic acids is 1. The molecule has 0 aliphatic carbocycles. The van der Waals surface area contributed by atoms with Crippen LogP contribution in [-0.4, -0.2) is 49.3 Å². The van der Waals surface area contributed by atoms with Crippen LogP contribution < -0.4 is 9.47 Å². The summed E-state index contributed by atoms with van der Waals surface area (Å²) in [7, 11) is 5.70. The molecule has 0 saturated carbocycles. The van der Waals surface area contributed by atoms with Gasteiger partial charge in [0.15, 0.2) is 0 Å². The van der Waals surface area contributed by atoms with E-state index in [1.807, 2.05) is 31.7 Å². The van der Waals surface area contributed by atoms with Gasteiger partial charge in [0.1, 0.15) is 22.7 Å². The Morgan fingerprint density at radius 3 is 2.54 bits per heavy atom. The standard InChI is InChI=1S/C18H18ClNS.C13H16O4.ClH/c1-20(2)11-5-7-14-15-6-3-4-8-17(15)21-18-10-9-13(19)12-16(14)18;1-13(2)7-6-8-10(17-13)5-4-9(12(14)15)11(8)16-3;/h3-4,6-10,12H,5,11H2,1-2H3;4-5H,6-7H2,1-3H3,(H,14,15);1H. The third-order valence-electron chi connectivity index (χ3n) is 6.57. The number of rotatable bonds is 5. The van der Waals surface area contributed by atoms with Crippen LogP contribution in [0.3, 0.4) is 0 Å². The van der Waals surface area contributed by atoms with Crippen LogP contribution in [0.1, 0.15) is 53.7 Å². The molecule has 0 bridgehead atoms. The minimum absolute atomic E-state index is 0. The van der Waals surface area contributed by atoms with E-state index >= 15 is 0 Å². The van der Waals surface area contributed by atoms with E-state index in [1.54, 1.807) is 6.07 Å². The van der Waals surface area contributed by atoms with Gasteiger partial charge < -0.3 is 19.5 Å². The van der Waals surface area contributed by atoms with Crippen LogP contribution >= 0.6 is 35.8 Å². The van der Waals surface area contributed by atoms with Crippen molar-refractivity contribution in [1.82, 2.24) is 4.90 Å². The molecule has 0 atom stereocenters. The third-order valence-corrected chi connectivity index (χ3v) is 7.96. The summed E-state index contributed by atoms with van der Waals surface area (Å²) in [6.07, 6.45) is 4.99. The highest BCUT2D eigenvalue weighted by molar-refractivity contribution is 7.99. The van der Waals surface area contributed by atoms with Gasteiger partial charge in [-0.25, -0.2) is 4.79 Å². The van der Waals surface area contributed by atoms with Crippen molar-refractivity contribution in [3.63, 3.8) is 0 Å². The molecule has 0 radical (unpaired) electrons. The number of ether oxygens (including phenoxy) is 2. The molecule has 0 amide bonds. The van der Waals surface area contributed by atoms with Crippen molar-refractivity contribution in [3.05, 3.63) is 87.9 Å². The number of aromatic carboxylic acids is 1. The second-order valence-corrected chi connectivity index (χ2v) is 11.8. The highest BCUT2D eigenvalue weighted by Gasteiger charge is 2.30. The SMILES string of the molecule is CN(C)CCC=C1c2ccccc2Sc2ccc(Cl)cc21.COc1c(C(=O)O)ccc2c1CCC(C)(C)O2.Cl. The number of hydrogen-bond acceptors (Lipinski definition) is 5. The Morgan fingerprint density at radius 2 is 1.85 bits per heavy atom. The van der Waals surface area contributed by atoms with Gasteiger partial charge in [-0.3, -0.25) is 0 Å². The molecule has 8 heteroatoms. The van der Waals surface area contributed by atoms with Crippen molar-refractivity contribution in [1.29, 1.82) is 0 Å². The van der Waals surface area contributed by atoms with Crippen LogP contribution in [0.15, 0.2) is 70.5 Å². The predicted octanol–water partition coefficient (Wildman–Crippen LogP) is 8.11. The molecule has 208 valence electrons. The number of benzene rings is 3. The topological polar surface area (TPSA) is 59.0 Å². The molecule has 0 saturated heterocycles. The number of carboxylic acid groups (broad SMARTS) is 1. The normalized spacial score (nSPS) is 15.5. The van der Waals surface area contributed by atoms with Gasteiger partial charge in [0.05, 0.1) is 7.11 Å². The molecule has 0 spiro atoms. The first kappa shape index (κ1) is 30.9. The summed E-state index contributed by atoms with van der Waals surface area (Å²) in [4.78, 5) is 15.9. The molecular formula is C31H35Cl2NO4S. The second-order valence-electron chi connectivity index (χ2n) is 10.2. The number of hydrogen-bond donors (Lipinski definition) is 1. The van der Waals surface area contributed by atoms with E-state index in [-0.39, 0.29) is 23.6 Å². The molecule has 1 N–H and O–H groups in total. The lowest BCUT2D eigenvalue weighted by Gasteiger charge is -2.33. The summed E-state index contributed by atoms with van der Waals surface area (Å²) < 4.78 is 11.0. The zero-order valence-corrected chi connectivity index (χ0v) is 25.3. The molecule has 5 nitrogen and oxygen atoms in total. The molecule has 5 rings (SSSR count). The molecule has 2 aliphatic rings. The first-order chi connectivity index (χ1) is 18.1. The molecule has 2 aliphatic heterocycles. The van der Waals surface area contributed by atoms with Crippen LogP contribution in [0.4, 0.5) is 0 Å². The van der Waals surface area contributed by atoms with Crippen LogP contribution in [0, 0.1) is 0 Å². The summed E-state index contributed by atoms with van der Waals surface area (Å²) in [5.74, 6) is 0.170. The maximum atomic E-state index is 11.1. The zero-order chi connectivity index (χ0) is 27.4. The van der Waals surface area contributed by atoms with Gasteiger partial charge >= 0.3 is 5.97 Å². The maximum Gasteiger partial charge on any atom is 0.339 e. The molecule has 2 heterocycles. The first-order valence-corrected chi connectivity index (χ1v) is 13.8. The van der Waals surface area contributed by atoms with Gasteiger partial charge in [-0.05, 0) is 100 Å².